The van der Waals surface area contributed by atoms with Crippen molar-refractivity contribution < 1.29 is 19.1 Å². The third kappa shape index (κ3) is 7.88. The van der Waals surface area contributed by atoms with Crippen LogP contribution in [-0.4, -0.2) is 25.0 Å². The minimum absolute atomic E-state index is 0.240. The fourth-order valence-corrected chi connectivity index (χ4v) is 3.17. The Kier molecular flexibility index (Phi) is 9.97. The maximum Gasteiger partial charge on any atom is 0.276 e. The van der Waals surface area contributed by atoms with Gasteiger partial charge < -0.3 is 9.47 Å². The molecule has 0 radical (unpaired) electrons. The van der Waals surface area contributed by atoms with Gasteiger partial charge in [0.15, 0.2) is 6.61 Å². The van der Waals surface area contributed by atoms with Crippen LogP contribution in [0, 0.1) is 6.92 Å². The highest BCUT2D eigenvalue weighted by Gasteiger charge is 2.11. The van der Waals surface area contributed by atoms with Gasteiger partial charge in [-0.05, 0) is 71.2 Å². The summed E-state index contributed by atoms with van der Waals surface area (Å²) >= 11 is 9.37. The Morgan fingerprint density at radius 1 is 1.03 bits per heavy atom. The molecule has 2 amide bonds. The summed E-state index contributed by atoms with van der Waals surface area (Å²) in [6.07, 6.45) is 4.50. The molecule has 2 N–H and O–H groups in total. The molecule has 30 heavy (non-hydrogen) atoms. The summed E-state index contributed by atoms with van der Waals surface area (Å²) < 4.78 is 11.8. The molecule has 6 nitrogen and oxygen atoms in total. The molecule has 162 valence electrons. The second-order valence-electron chi connectivity index (χ2n) is 6.76. The van der Waals surface area contributed by atoms with E-state index in [1.165, 1.54) is 12.8 Å². The fraction of sp³-hybridized carbons (Fsp3) is 0.364. The van der Waals surface area contributed by atoms with Gasteiger partial charge in [-0.15, -0.1) is 0 Å². The lowest BCUT2D eigenvalue weighted by atomic mass is 10.2. The lowest BCUT2D eigenvalue weighted by Crippen LogP contribution is -2.43. The Morgan fingerprint density at radius 3 is 2.53 bits per heavy atom. The average Bonchev–Trinajstić information content (AvgIpc) is 2.73. The molecule has 0 aromatic heterocycles. The molecule has 0 heterocycles. The average molecular weight is 498 g/mol. The molecule has 2 aromatic carbocycles. The number of unbranched alkanes of at least 4 members (excludes halogenated alkanes) is 3. The Balaban J connectivity index is 1.77. The van der Waals surface area contributed by atoms with Crippen LogP contribution in [0.25, 0.3) is 0 Å². The number of nitrogens with one attached hydrogen (secondary N) is 2. The van der Waals surface area contributed by atoms with Crippen LogP contribution in [0.2, 0.25) is 5.02 Å². The molecule has 2 aromatic rings. The van der Waals surface area contributed by atoms with Crippen LogP contribution >= 0.6 is 27.5 Å². The first-order valence-corrected chi connectivity index (χ1v) is 11.0. The van der Waals surface area contributed by atoms with E-state index in [4.69, 9.17) is 21.1 Å². The largest absolute Gasteiger partial charge is 0.492 e. The monoisotopic (exact) mass is 496 g/mol. The van der Waals surface area contributed by atoms with E-state index in [9.17, 15) is 9.59 Å². The summed E-state index contributed by atoms with van der Waals surface area (Å²) in [5.74, 6) is 0.272. The van der Waals surface area contributed by atoms with E-state index in [-0.39, 0.29) is 6.61 Å². The number of carbonyl (C=O) groups excluding carboxylic acids is 2. The van der Waals surface area contributed by atoms with Crippen LogP contribution in [0.3, 0.4) is 0 Å². The van der Waals surface area contributed by atoms with Crippen LogP contribution < -0.4 is 20.3 Å². The molecule has 8 heteroatoms. The van der Waals surface area contributed by atoms with Gasteiger partial charge in [-0.1, -0.05) is 37.8 Å². The number of amides is 2. The molecule has 0 spiro atoms. The Bertz CT molecular complexity index is 876. The lowest BCUT2D eigenvalue weighted by molar-refractivity contribution is -0.123. The second-order valence-corrected chi connectivity index (χ2v) is 8.02. The highest BCUT2D eigenvalue weighted by atomic mass is 79.9. The summed E-state index contributed by atoms with van der Waals surface area (Å²) in [6, 6.07) is 10.1. The molecule has 2 rings (SSSR count). The number of benzene rings is 2. The van der Waals surface area contributed by atoms with Crippen LogP contribution in [0.1, 0.15) is 48.5 Å². The van der Waals surface area contributed by atoms with Crippen molar-refractivity contribution in [3.63, 3.8) is 0 Å². The van der Waals surface area contributed by atoms with Gasteiger partial charge in [0.25, 0.3) is 11.8 Å². The number of aryl methyl sites for hydroxylation is 1. The van der Waals surface area contributed by atoms with Gasteiger partial charge >= 0.3 is 0 Å². The second kappa shape index (κ2) is 12.4. The number of rotatable bonds is 10. The quantitative estimate of drug-likeness (QED) is 0.349. The summed E-state index contributed by atoms with van der Waals surface area (Å²) in [5, 5.41) is 0.623. The number of ether oxygens (including phenoxy) is 2. The molecular weight excluding hydrogens is 472 g/mol. The van der Waals surface area contributed by atoms with Gasteiger partial charge in [0.1, 0.15) is 11.5 Å². The highest BCUT2D eigenvalue weighted by Crippen LogP contribution is 2.26. The molecule has 0 fully saturated rings. The van der Waals surface area contributed by atoms with Crippen molar-refractivity contribution in [3.05, 3.63) is 57.0 Å². The summed E-state index contributed by atoms with van der Waals surface area (Å²) in [5.41, 5.74) is 5.93. The number of hydrogen-bond acceptors (Lipinski definition) is 4. The summed E-state index contributed by atoms with van der Waals surface area (Å²) in [6.45, 7) is 4.40. The predicted octanol–water partition coefficient (Wildman–Crippen LogP) is 5.21. The van der Waals surface area contributed by atoms with Gasteiger partial charge in [-0.2, -0.15) is 0 Å². The van der Waals surface area contributed by atoms with Gasteiger partial charge in [-0.3, -0.25) is 20.4 Å². The number of carbonyl (C=O) groups is 2. The van der Waals surface area contributed by atoms with Gasteiger partial charge in [0, 0.05) is 10.6 Å². The zero-order chi connectivity index (χ0) is 21.9. The predicted molar refractivity (Wildman–Crippen MR) is 121 cm³/mol. The van der Waals surface area contributed by atoms with Crippen LogP contribution in [0.15, 0.2) is 40.9 Å². The maximum absolute atomic E-state index is 12.3. The van der Waals surface area contributed by atoms with Crippen LogP contribution in [-0.2, 0) is 4.79 Å². The number of hydrogen-bond donors (Lipinski definition) is 2. The minimum atomic E-state index is -0.484. The van der Waals surface area contributed by atoms with Crippen LogP contribution in [0.5, 0.6) is 11.5 Å². The Hall–Kier alpha value is -2.25. The van der Waals surface area contributed by atoms with E-state index in [2.05, 4.69) is 33.7 Å². The SMILES string of the molecule is CCCCCCOc1ccc(C(=O)NNC(=O)COc2ccc(Cl)c(C)c2)cc1Br. The van der Waals surface area contributed by atoms with Crippen molar-refractivity contribution in [3.8, 4) is 11.5 Å². The van der Waals surface area contributed by atoms with E-state index in [0.29, 0.717) is 33.2 Å². The molecule has 0 unspecified atom stereocenters. The topological polar surface area (TPSA) is 76.7 Å². The molecule has 0 bridgehead atoms. The molecule has 0 saturated carbocycles. The first-order valence-electron chi connectivity index (χ1n) is 9.81. The van der Waals surface area contributed by atoms with Crippen molar-refractivity contribution in [2.24, 2.45) is 0 Å². The van der Waals surface area contributed by atoms with E-state index >= 15 is 0 Å². The standard InChI is InChI=1S/C22H26BrClN2O4/c1-3-4-5-6-11-29-20-10-7-16(13-18(20)23)22(28)26-25-21(27)14-30-17-8-9-19(24)15(2)12-17/h7-10,12-13H,3-6,11,14H2,1-2H3,(H,25,27)(H,26,28). The van der Waals surface area contributed by atoms with E-state index in [1.54, 1.807) is 36.4 Å². The van der Waals surface area contributed by atoms with E-state index < -0.39 is 11.8 Å². The molecule has 0 saturated heterocycles. The van der Waals surface area contributed by atoms with Crippen molar-refractivity contribution in [2.75, 3.05) is 13.2 Å². The van der Waals surface area contributed by atoms with E-state index in [1.807, 2.05) is 6.92 Å². The molecule has 0 atom stereocenters. The molecule has 0 aliphatic rings. The molecular formula is C22H26BrClN2O4. The lowest BCUT2D eigenvalue weighted by Gasteiger charge is -2.11. The zero-order valence-electron chi connectivity index (χ0n) is 17.1. The normalized spacial score (nSPS) is 10.4. The third-order valence-corrected chi connectivity index (χ3v) is 5.31. The van der Waals surface area contributed by atoms with Gasteiger partial charge in [0.05, 0.1) is 11.1 Å². The number of hydrazine groups is 1. The smallest absolute Gasteiger partial charge is 0.276 e. The third-order valence-electron chi connectivity index (χ3n) is 4.26. The zero-order valence-corrected chi connectivity index (χ0v) is 19.4. The van der Waals surface area contributed by atoms with E-state index in [0.717, 1.165) is 18.4 Å². The Morgan fingerprint density at radius 2 is 1.83 bits per heavy atom. The van der Waals surface area contributed by atoms with Crippen molar-refractivity contribution in [2.45, 2.75) is 39.5 Å². The van der Waals surface area contributed by atoms with Crippen LogP contribution in [0.4, 0.5) is 0 Å². The van der Waals surface area contributed by atoms with Gasteiger partial charge in [-0.25, -0.2) is 0 Å². The first kappa shape index (κ1) is 24.0. The van der Waals surface area contributed by atoms with Crippen molar-refractivity contribution in [1.82, 2.24) is 10.9 Å². The fourth-order valence-electron chi connectivity index (χ4n) is 2.56. The summed E-state index contributed by atoms with van der Waals surface area (Å²) in [4.78, 5) is 24.2. The first-order chi connectivity index (χ1) is 14.4. The summed E-state index contributed by atoms with van der Waals surface area (Å²) in [7, 11) is 0. The Labute approximate surface area is 190 Å². The minimum Gasteiger partial charge on any atom is -0.492 e. The van der Waals surface area contributed by atoms with Crippen molar-refractivity contribution in [1.29, 1.82) is 0 Å². The molecule has 0 aliphatic carbocycles. The highest BCUT2D eigenvalue weighted by molar-refractivity contribution is 9.10. The maximum atomic E-state index is 12.3. The van der Waals surface area contributed by atoms with Gasteiger partial charge in [0.2, 0.25) is 0 Å². The number of halogens is 2. The molecule has 0 aliphatic heterocycles. The van der Waals surface area contributed by atoms with Crippen molar-refractivity contribution >= 4 is 39.3 Å².